The maximum atomic E-state index is 16.0. The van der Waals surface area contributed by atoms with Crippen molar-refractivity contribution in [1.29, 1.82) is 0 Å². The summed E-state index contributed by atoms with van der Waals surface area (Å²) in [5.74, 6) is -11.6. The number of Topliss-reactive ketones (excluding diaryl/α,β-unsaturated/α-hetero) is 1. The first-order valence-electron chi connectivity index (χ1n) is 17.0. The van der Waals surface area contributed by atoms with Crippen molar-refractivity contribution in [2.45, 2.75) is 122 Å². The van der Waals surface area contributed by atoms with Gasteiger partial charge in [-0.25, -0.2) is 9.59 Å². The number of rotatable bonds is 7. The predicted molar refractivity (Wildman–Crippen MR) is 172 cm³/mol. The van der Waals surface area contributed by atoms with E-state index in [1.165, 1.54) is 11.8 Å². The van der Waals surface area contributed by atoms with Crippen molar-refractivity contribution in [2.75, 3.05) is 33.8 Å². The van der Waals surface area contributed by atoms with Gasteiger partial charge in [0.05, 0.1) is 37.5 Å². The second-order valence-corrected chi connectivity index (χ2v) is 14.2. The number of hydrogen-bond acceptors (Lipinski definition) is 11. The van der Waals surface area contributed by atoms with E-state index >= 15 is 8.78 Å². The molecule has 12 nitrogen and oxygen atoms in total. The highest BCUT2D eigenvalue weighted by molar-refractivity contribution is 6.06. The van der Waals surface area contributed by atoms with Gasteiger partial charge < -0.3 is 33.7 Å². The largest absolute Gasteiger partial charge is 0.453 e. The molecule has 4 aliphatic heterocycles. The molecular formula is C34H53F2N3O9. The number of carbonyl (C=O) groups is 3. The number of aliphatic imine (C=N–C) groups is 1. The number of aliphatic hydroxyl groups is 1. The first-order chi connectivity index (χ1) is 22.4. The fraction of sp³-hybridized carbons (Fsp3) is 0.824. The lowest BCUT2D eigenvalue weighted by molar-refractivity contribution is -0.282. The summed E-state index contributed by atoms with van der Waals surface area (Å²) < 4.78 is 61.9. The standard InChI is InChI=1S/C34H53F2N3O9/c1-11-15-44-26-18(4)24-19(5)28-33(8,48-32(43)39(28)14-13-37-24)23(12-2)46-31(42)34(35,36)29(41)21(7)27(20(26)6)47-30-25(40)22(38(9)10)16-17(3)45-30/h11,17-23,25-28,30,40H,1,12-16H2,2-10H3/t17-,18+,19+,20+,21-,22+,23-,25-,26+,27+,28?,30+,33-/m1/s1. The number of amides is 1. The van der Waals surface area contributed by atoms with Crippen molar-refractivity contribution in [1.82, 2.24) is 9.80 Å². The van der Waals surface area contributed by atoms with E-state index in [0.717, 1.165) is 0 Å². The molecule has 3 saturated heterocycles. The highest BCUT2D eigenvalue weighted by Crippen LogP contribution is 2.44. The Kier molecular flexibility index (Phi) is 11.8. The number of likely N-dealkylation sites (N-methyl/N-ethyl adjacent to an activating group) is 1. The molecule has 48 heavy (non-hydrogen) atoms. The van der Waals surface area contributed by atoms with Crippen LogP contribution in [0.15, 0.2) is 17.6 Å². The summed E-state index contributed by atoms with van der Waals surface area (Å²) in [5, 5.41) is 11.3. The molecule has 4 rings (SSSR count). The van der Waals surface area contributed by atoms with Crippen LogP contribution >= 0.6 is 0 Å². The van der Waals surface area contributed by atoms with Gasteiger partial charge in [-0.15, -0.1) is 6.58 Å². The van der Waals surface area contributed by atoms with Crippen LogP contribution in [0.5, 0.6) is 0 Å². The number of cyclic esters (lactones) is 1. The highest BCUT2D eigenvalue weighted by Gasteiger charge is 2.62. The van der Waals surface area contributed by atoms with Gasteiger partial charge in [0.1, 0.15) is 12.2 Å². The Hall–Kier alpha value is -2.52. The van der Waals surface area contributed by atoms with Crippen LogP contribution in [0.2, 0.25) is 0 Å². The van der Waals surface area contributed by atoms with Gasteiger partial charge in [-0.2, -0.15) is 8.78 Å². The van der Waals surface area contributed by atoms with Crippen LogP contribution in [0.3, 0.4) is 0 Å². The Balaban J connectivity index is 1.87. The quantitative estimate of drug-likeness (QED) is 0.241. The molecule has 0 spiro atoms. The monoisotopic (exact) mass is 685 g/mol. The Morgan fingerprint density at radius 3 is 2.38 bits per heavy atom. The summed E-state index contributed by atoms with van der Waals surface area (Å²) in [6.45, 7) is 16.1. The van der Waals surface area contributed by atoms with Crippen LogP contribution < -0.4 is 0 Å². The van der Waals surface area contributed by atoms with Crippen molar-refractivity contribution in [3.63, 3.8) is 0 Å². The summed E-state index contributed by atoms with van der Waals surface area (Å²) in [4.78, 5) is 48.5. The third-order valence-corrected chi connectivity index (χ3v) is 10.7. The maximum absolute atomic E-state index is 16.0. The van der Waals surface area contributed by atoms with Crippen LogP contribution in [0.4, 0.5) is 13.6 Å². The first-order valence-corrected chi connectivity index (χ1v) is 17.0. The number of halogens is 2. The third-order valence-electron chi connectivity index (χ3n) is 10.7. The van der Waals surface area contributed by atoms with Gasteiger partial charge in [-0.05, 0) is 40.8 Å². The fourth-order valence-electron chi connectivity index (χ4n) is 8.27. The molecule has 0 aromatic rings. The van der Waals surface area contributed by atoms with Crippen molar-refractivity contribution < 1.29 is 52.0 Å². The Morgan fingerprint density at radius 1 is 1.10 bits per heavy atom. The van der Waals surface area contributed by atoms with Gasteiger partial charge in [0.15, 0.2) is 11.9 Å². The topological polar surface area (TPSA) is 136 Å². The van der Waals surface area contributed by atoms with Crippen molar-refractivity contribution >= 4 is 23.6 Å². The lowest BCUT2D eigenvalue weighted by Crippen LogP contribution is -2.60. The van der Waals surface area contributed by atoms with E-state index in [0.29, 0.717) is 12.1 Å². The minimum Gasteiger partial charge on any atom is -0.453 e. The molecular weight excluding hydrogens is 632 g/mol. The summed E-state index contributed by atoms with van der Waals surface area (Å²) in [6.07, 6.45) is -4.75. The number of esters is 1. The molecule has 0 aromatic carbocycles. The third kappa shape index (κ3) is 6.92. The Labute approximate surface area is 282 Å². The molecule has 0 aliphatic carbocycles. The molecule has 0 saturated carbocycles. The second-order valence-electron chi connectivity index (χ2n) is 14.2. The van der Waals surface area contributed by atoms with Crippen molar-refractivity contribution in [3.05, 3.63) is 12.7 Å². The SMILES string of the molecule is C=CCO[C@@H]1[C@H](C)[C@H](O[C@@H]2O[C@H](C)C[C@H](N(C)C)[C@H]2O)[C@@H](C)C(=O)C(F)(F)C(=O)O[C@H](CC)[C@@]2(C)OC(=O)N3CCN=C([C@H](C)C32)[C@@H]1C. The molecule has 272 valence electrons. The molecule has 2 bridgehead atoms. The number of ketones is 1. The van der Waals surface area contributed by atoms with Crippen molar-refractivity contribution in [3.8, 4) is 0 Å². The number of fused-ring (bicyclic) bond motifs is 1. The van der Waals surface area contributed by atoms with E-state index in [-0.39, 0.29) is 38.3 Å². The van der Waals surface area contributed by atoms with E-state index in [2.05, 4.69) is 6.58 Å². The number of nitrogens with zero attached hydrogens (tertiary/aromatic N) is 3. The summed E-state index contributed by atoms with van der Waals surface area (Å²) in [7, 11) is 3.61. The molecule has 4 heterocycles. The number of hydrogen-bond donors (Lipinski definition) is 1. The fourth-order valence-corrected chi connectivity index (χ4v) is 8.27. The van der Waals surface area contributed by atoms with E-state index in [1.54, 1.807) is 40.9 Å². The van der Waals surface area contributed by atoms with Crippen LogP contribution in [-0.4, -0.2) is 133 Å². The van der Waals surface area contributed by atoms with E-state index < -0.39 is 89.8 Å². The van der Waals surface area contributed by atoms with Gasteiger partial charge >= 0.3 is 18.0 Å². The summed E-state index contributed by atoms with van der Waals surface area (Å²) >= 11 is 0. The maximum Gasteiger partial charge on any atom is 0.410 e. The molecule has 3 fully saturated rings. The van der Waals surface area contributed by atoms with Gasteiger partial charge in [0.25, 0.3) is 0 Å². The molecule has 0 radical (unpaired) electrons. The van der Waals surface area contributed by atoms with Gasteiger partial charge in [-0.3, -0.25) is 14.7 Å². The Bertz CT molecular complexity index is 1250. The highest BCUT2D eigenvalue weighted by atomic mass is 19.3. The molecule has 14 heteroatoms. The van der Waals surface area contributed by atoms with Gasteiger partial charge in [0, 0.05) is 42.0 Å². The lowest BCUT2D eigenvalue weighted by atomic mass is 9.73. The van der Waals surface area contributed by atoms with Crippen LogP contribution in [0, 0.1) is 23.7 Å². The molecule has 13 atom stereocenters. The van der Waals surface area contributed by atoms with E-state index in [4.69, 9.17) is 28.7 Å². The lowest BCUT2D eigenvalue weighted by Gasteiger charge is -2.45. The van der Waals surface area contributed by atoms with E-state index in [1.807, 2.05) is 25.7 Å². The zero-order valence-corrected chi connectivity index (χ0v) is 29.6. The number of alkyl halides is 2. The summed E-state index contributed by atoms with van der Waals surface area (Å²) in [5.41, 5.74) is -0.826. The van der Waals surface area contributed by atoms with Crippen LogP contribution in [0.1, 0.15) is 61.3 Å². The molecule has 1 unspecified atom stereocenters. The number of aliphatic hydroxyl groups excluding tert-OH is 1. The Morgan fingerprint density at radius 2 is 1.77 bits per heavy atom. The zero-order valence-electron chi connectivity index (χ0n) is 29.6. The molecule has 1 N–H and O–H groups in total. The summed E-state index contributed by atoms with van der Waals surface area (Å²) in [6, 6.07) is -1.10. The smallest absolute Gasteiger partial charge is 0.410 e. The first kappa shape index (κ1) is 38.3. The average molecular weight is 686 g/mol. The van der Waals surface area contributed by atoms with Crippen LogP contribution in [-0.2, 0) is 33.3 Å². The van der Waals surface area contributed by atoms with Gasteiger partial charge in [0.2, 0.25) is 5.78 Å². The average Bonchev–Trinajstić information content (AvgIpc) is 3.15. The van der Waals surface area contributed by atoms with Gasteiger partial charge in [-0.1, -0.05) is 40.7 Å². The molecule has 0 aromatic heterocycles. The molecule has 4 aliphatic rings. The predicted octanol–water partition coefficient (Wildman–Crippen LogP) is 3.49. The number of ether oxygens (including phenoxy) is 5. The zero-order chi connectivity index (χ0) is 35.9. The number of carbonyl (C=O) groups excluding carboxylic acids is 3. The minimum atomic E-state index is -4.58. The van der Waals surface area contributed by atoms with Crippen LogP contribution in [0.25, 0.3) is 0 Å². The minimum absolute atomic E-state index is 0.0322. The van der Waals surface area contributed by atoms with E-state index in [9.17, 15) is 19.5 Å². The second kappa shape index (κ2) is 14.8. The van der Waals surface area contributed by atoms with Crippen molar-refractivity contribution in [2.24, 2.45) is 28.7 Å². The molecule has 1 amide bonds. The normalized spacial score (nSPS) is 42.4.